The van der Waals surface area contributed by atoms with Crippen molar-refractivity contribution in [2.75, 3.05) is 5.32 Å². The van der Waals surface area contributed by atoms with Crippen molar-refractivity contribution in [1.82, 2.24) is 10.2 Å². The van der Waals surface area contributed by atoms with E-state index in [0.717, 1.165) is 16.8 Å². The van der Waals surface area contributed by atoms with Gasteiger partial charge in [-0.3, -0.25) is 4.79 Å². The van der Waals surface area contributed by atoms with Crippen molar-refractivity contribution in [3.8, 4) is 0 Å². The average molecular weight is 357 g/mol. The van der Waals surface area contributed by atoms with Gasteiger partial charge in [0.25, 0.3) is 5.56 Å². The van der Waals surface area contributed by atoms with E-state index in [-0.39, 0.29) is 17.5 Å². The van der Waals surface area contributed by atoms with E-state index >= 15 is 0 Å². The summed E-state index contributed by atoms with van der Waals surface area (Å²) in [5, 5.41) is 11.4. The van der Waals surface area contributed by atoms with Crippen LogP contribution in [-0.2, 0) is 0 Å². The Morgan fingerprint density at radius 2 is 1.56 bits per heavy atom. The second-order valence-corrected chi connectivity index (χ2v) is 6.73. The molecule has 2 unspecified atom stereocenters. The molecule has 0 bridgehead atoms. The van der Waals surface area contributed by atoms with Gasteiger partial charge < -0.3 is 5.32 Å². The van der Waals surface area contributed by atoms with E-state index in [1.807, 2.05) is 48.5 Å². The van der Waals surface area contributed by atoms with Gasteiger partial charge in [0.1, 0.15) is 5.82 Å². The smallest absolute Gasteiger partial charge is 0.272 e. The number of nitrogens with one attached hydrogen (secondary N) is 2. The lowest BCUT2D eigenvalue weighted by atomic mass is 9.80. The van der Waals surface area contributed by atoms with Gasteiger partial charge in [0.15, 0.2) is 0 Å². The van der Waals surface area contributed by atoms with Gasteiger partial charge in [-0.25, -0.2) is 9.49 Å². The molecule has 0 aliphatic carbocycles. The normalized spacial score (nSPS) is 18.3. The largest absolute Gasteiger partial charge is 0.377 e. The molecular formula is C22H16FN3O. The van der Waals surface area contributed by atoms with Crippen molar-refractivity contribution in [2.45, 2.75) is 12.0 Å². The highest BCUT2D eigenvalue weighted by molar-refractivity contribution is 5.97. The van der Waals surface area contributed by atoms with Crippen molar-refractivity contribution >= 4 is 16.5 Å². The van der Waals surface area contributed by atoms with Gasteiger partial charge in [-0.15, -0.1) is 0 Å². The molecule has 2 atom stereocenters. The Balaban J connectivity index is 1.83. The third kappa shape index (κ3) is 2.51. The van der Waals surface area contributed by atoms with E-state index in [4.69, 9.17) is 0 Å². The molecule has 4 aromatic rings. The zero-order valence-electron chi connectivity index (χ0n) is 14.3. The molecule has 3 aromatic carbocycles. The number of hydrogen-bond donors (Lipinski definition) is 2. The maximum atomic E-state index is 14.2. The molecule has 1 aliphatic rings. The van der Waals surface area contributed by atoms with Crippen molar-refractivity contribution in [1.29, 1.82) is 0 Å². The molecule has 0 spiro atoms. The summed E-state index contributed by atoms with van der Waals surface area (Å²) in [6, 6.07) is 22.6. The molecule has 0 saturated carbocycles. The molecule has 27 heavy (non-hydrogen) atoms. The molecule has 0 radical (unpaired) electrons. The molecule has 132 valence electrons. The summed E-state index contributed by atoms with van der Waals surface area (Å²) in [6.45, 7) is 0. The van der Waals surface area contributed by atoms with Crippen LogP contribution >= 0.6 is 0 Å². The topological polar surface area (TPSA) is 57.8 Å². The summed E-state index contributed by atoms with van der Waals surface area (Å²) in [5.74, 6) is -0.566. The highest BCUT2D eigenvalue weighted by Gasteiger charge is 2.34. The number of benzene rings is 3. The van der Waals surface area contributed by atoms with Crippen LogP contribution in [0.4, 0.5) is 10.1 Å². The van der Waals surface area contributed by atoms with E-state index in [1.54, 1.807) is 0 Å². The van der Waals surface area contributed by atoms with Crippen LogP contribution in [0.15, 0.2) is 77.6 Å². The quantitative estimate of drug-likeness (QED) is 0.560. The zero-order valence-corrected chi connectivity index (χ0v) is 14.3. The second kappa shape index (κ2) is 6.06. The van der Waals surface area contributed by atoms with Gasteiger partial charge in [-0.05, 0) is 23.3 Å². The first kappa shape index (κ1) is 15.8. The number of anilines is 1. The SMILES string of the molecule is O=c1[nH]nc2c3c(cc(F)cc13)NC(c1ccccc1)C2c1ccccc1. The first-order valence-electron chi connectivity index (χ1n) is 8.80. The van der Waals surface area contributed by atoms with E-state index in [0.29, 0.717) is 16.5 Å². The van der Waals surface area contributed by atoms with Crippen molar-refractivity contribution in [3.05, 3.63) is 106 Å². The molecule has 5 heteroatoms. The Morgan fingerprint density at radius 1 is 0.889 bits per heavy atom. The number of hydrogen-bond acceptors (Lipinski definition) is 3. The predicted molar refractivity (Wildman–Crippen MR) is 103 cm³/mol. The van der Waals surface area contributed by atoms with Crippen LogP contribution in [0.3, 0.4) is 0 Å². The predicted octanol–water partition coefficient (Wildman–Crippen LogP) is 4.36. The summed E-state index contributed by atoms with van der Waals surface area (Å²) in [6.07, 6.45) is 0. The van der Waals surface area contributed by atoms with E-state index in [1.165, 1.54) is 12.1 Å². The molecule has 0 fully saturated rings. The van der Waals surface area contributed by atoms with Gasteiger partial charge >= 0.3 is 0 Å². The van der Waals surface area contributed by atoms with E-state index < -0.39 is 5.82 Å². The summed E-state index contributed by atoms with van der Waals surface area (Å²) in [7, 11) is 0. The standard InChI is InChI=1S/C22H16FN3O/c23-15-11-16-19-17(12-15)24-20(14-9-5-2-6-10-14)18(13-7-3-1-4-8-13)21(19)25-26-22(16)27/h1-12,18,20,24H,(H,26,27). The van der Waals surface area contributed by atoms with Crippen LogP contribution in [0.25, 0.3) is 10.8 Å². The molecule has 2 N–H and O–H groups in total. The van der Waals surface area contributed by atoms with Crippen LogP contribution in [0.1, 0.15) is 28.8 Å². The Morgan fingerprint density at radius 3 is 2.26 bits per heavy atom. The zero-order chi connectivity index (χ0) is 18.4. The lowest BCUT2D eigenvalue weighted by molar-refractivity contribution is 0.619. The lowest BCUT2D eigenvalue weighted by Crippen LogP contribution is -2.28. The van der Waals surface area contributed by atoms with Crippen molar-refractivity contribution in [3.63, 3.8) is 0 Å². The number of H-pyrrole nitrogens is 1. The number of halogens is 1. The number of aromatic nitrogens is 2. The fourth-order valence-electron chi connectivity index (χ4n) is 3.98. The molecule has 5 rings (SSSR count). The van der Waals surface area contributed by atoms with Crippen LogP contribution in [0, 0.1) is 5.82 Å². The first-order valence-corrected chi connectivity index (χ1v) is 8.80. The Hall–Kier alpha value is -3.47. The highest BCUT2D eigenvalue weighted by atomic mass is 19.1. The molecule has 1 aliphatic heterocycles. The second-order valence-electron chi connectivity index (χ2n) is 6.73. The highest BCUT2D eigenvalue weighted by Crippen LogP contribution is 2.46. The molecule has 4 nitrogen and oxygen atoms in total. The summed E-state index contributed by atoms with van der Waals surface area (Å²) in [4.78, 5) is 12.3. The minimum atomic E-state index is -0.447. The van der Waals surface area contributed by atoms with Crippen LogP contribution in [0.5, 0.6) is 0 Å². The van der Waals surface area contributed by atoms with Crippen LogP contribution < -0.4 is 10.9 Å². The average Bonchev–Trinajstić information content (AvgIpc) is 2.71. The number of nitrogens with zero attached hydrogens (tertiary/aromatic N) is 1. The third-order valence-corrected chi connectivity index (χ3v) is 5.14. The molecular weight excluding hydrogens is 341 g/mol. The first-order chi connectivity index (χ1) is 13.2. The summed E-state index contributed by atoms with van der Waals surface area (Å²) in [5.41, 5.74) is 3.11. The van der Waals surface area contributed by atoms with Crippen LogP contribution in [-0.4, -0.2) is 10.2 Å². The molecule has 0 saturated heterocycles. The molecule has 0 amide bonds. The monoisotopic (exact) mass is 357 g/mol. The maximum Gasteiger partial charge on any atom is 0.272 e. The van der Waals surface area contributed by atoms with Crippen molar-refractivity contribution < 1.29 is 4.39 Å². The van der Waals surface area contributed by atoms with Gasteiger partial charge in [0, 0.05) is 11.1 Å². The maximum absolute atomic E-state index is 14.2. The number of rotatable bonds is 2. The lowest BCUT2D eigenvalue weighted by Gasteiger charge is -2.34. The van der Waals surface area contributed by atoms with E-state index in [2.05, 4.69) is 27.6 Å². The summed E-state index contributed by atoms with van der Waals surface area (Å²) < 4.78 is 14.2. The molecule has 2 heterocycles. The number of aromatic amines is 1. The minimum Gasteiger partial charge on any atom is -0.377 e. The Bertz CT molecular complexity index is 1190. The van der Waals surface area contributed by atoms with Gasteiger partial charge in [-0.2, -0.15) is 5.10 Å². The minimum absolute atomic E-state index is 0.120. The van der Waals surface area contributed by atoms with Gasteiger partial charge in [0.05, 0.1) is 23.0 Å². The fourth-order valence-corrected chi connectivity index (χ4v) is 3.98. The Kier molecular flexibility index (Phi) is 3.53. The van der Waals surface area contributed by atoms with Crippen molar-refractivity contribution in [2.24, 2.45) is 0 Å². The third-order valence-electron chi connectivity index (χ3n) is 5.14. The van der Waals surface area contributed by atoms with Crippen LogP contribution in [0.2, 0.25) is 0 Å². The van der Waals surface area contributed by atoms with Gasteiger partial charge in [-0.1, -0.05) is 60.7 Å². The van der Waals surface area contributed by atoms with E-state index in [9.17, 15) is 9.18 Å². The Labute approximate surface area is 154 Å². The molecule has 1 aromatic heterocycles. The fraction of sp³-hybridized carbons (Fsp3) is 0.0909. The summed E-state index contributed by atoms with van der Waals surface area (Å²) >= 11 is 0. The van der Waals surface area contributed by atoms with Gasteiger partial charge in [0.2, 0.25) is 0 Å².